The summed E-state index contributed by atoms with van der Waals surface area (Å²) in [6.45, 7) is 2.52. The molecular formula is C18H16ClN3O. The Hall–Kier alpha value is -2.46. The highest BCUT2D eigenvalue weighted by molar-refractivity contribution is 6.30. The summed E-state index contributed by atoms with van der Waals surface area (Å²) in [5, 5.41) is 0.706. The lowest BCUT2D eigenvalue weighted by Gasteiger charge is -2.11. The molecule has 0 bridgehead atoms. The van der Waals surface area contributed by atoms with E-state index < -0.39 is 0 Å². The second-order valence-corrected chi connectivity index (χ2v) is 5.50. The van der Waals surface area contributed by atoms with E-state index in [4.69, 9.17) is 16.3 Å². The van der Waals surface area contributed by atoms with Gasteiger partial charge < -0.3 is 4.74 Å². The molecule has 3 rings (SSSR count). The molecule has 4 nitrogen and oxygen atoms in total. The van der Waals surface area contributed by atoms with Crippen LogP contribution in [0.3, 0.4) is 0 Å². The predicted octanol–water partition coefficient (Wildman–Crippen LogP) is 4.18. The molecule has 0 saturated heterocycles. The molecule has 0 N–H and O–H groups in total. The van der Waals surface area contributed by atoms with Crippen molar-refractivity contribution in [2.75, 3.05) is 6.61 Å². The van der Waals surface area contributed by atoms with E-state index in [9.17, 15) is 0 Å². The van der Waals surface area contributed by atoms with Crippen molar-refractivity contribution in [2.45, 2.75) is 13.3 Å². The van der Waals surface area contributed by atoms with Gasteiger partial charge in [-0.3, -0.25) is 0 Å². The minimum atomic E-state index is 0.569. The van der Waals surface area contributed by atoms with E-state index in [1.165, 1.54) is 6.33 Å². The molecule has 0 spiro atoms. The summed E-state index contributed by atoms with van der Waals surface area (Å²) >= 11 is 5.98. The first-order valence-corrected chi connectivity index (χ1v) is 7.75. The Bertz CT molecular complexity index is 776. The second-order valence-electron chi connectivity index (χ2n) is 5.06. The number of aromatic nitrogens is 3. The monoisotopic (exact) mass is 325 g/mol. The van der Waals surface area contributed by atoms with Gasteiger partial charge in [0.15, 0.2) is 0 Å². The van der Waals surface area contributed by atoms with Crippen LogP contribution in [0.15, 0.2) is 55.2 Å². The van der Waals surface area contributed by atoms with Crippen LogP contribution in [0.4, 0.5) is 0 Å². The van der Waals surface area contributed by atoms with Crippen LogP contribution in [0.25, 0.3) is 11.1 Å². The van der Waals surface area contributed by atoms with Crippen molar-refractivity contribution in [1.29, 1.82) is 0 Å². The minimum Gasteiger partial charge on any atom is -0.478 e. The van der Waals surface area contributed by atoms with Gasteiger partial charge in [-0.1, -0.05) is 23.7 Å². The highest BCUT2D eigenvalue weighted by atomic mass is 35.5. The summed E-state index contributed by atoms with van der Waals surface area (Å²) in [6, 6.07) is 9.76. The normalized spacial score (nSPS) is 10.5. The fourth-order valence-electron chi connectivity index (χ4n) is 2.34. The molecule has 0 amide bonds. The number of ether oxygens (including phenoxy) is 1. The lowest BCUT2D eigenvalue weighted by atomic mass is 10.0. The Morgan fingerprint density at radius 3 is 2.43 bits per heavy atom. The van der Waals surface area contributed by atoms with E-state index in [-0.39, 0.29) is 0 Å². The smallest absolute Gasteiger partial charge is 0.221 e. The molecule has 0 aliphatic rings. The van der Waals surface area contributed by atoms with Gasteiger partial charge in [-0.15, -0.1) is 0 Å². The summed E-state index contributed by atoms with van der Waals surface area (Å²) in [6.07, 6.45) is 7.70. The van der Waals surface area contributed by atoms with Gasteiger partial charge in [-0.25, -0.2) is 15.0 Å². The van der Waals surface area contributed by atoms with Crippen LogP contribution < -0.4 is 4.74 Å². The van der Waals surface area contributed by atoms with Crippen LogP contribution in [-0.2, 0) is 6.42 Å². The number of hydrogen-bond acceptors (Lipinski definition) is 4. The molecule has 0 aliphatic carbocycles. The van der Waals surface area contributed by atoms with Gasteiger partial charge >= 0.3 is 0 Å². The lowest BCUT2D eigenvalue weighted by Crippen LogP contribution is -1.99. The third-order valence-corrected chi connectivity index (χ3v) is 3.62. The van der Waals surface area contributed by atoms with Crippen LogP contribution >= 0.6 is 11.6 Å². The van der Waals surface area contributed by atoms with E-state index in [0.717, 1.165) is 28.7 Å². The molecule has 2 heterocycles. The first kappa shape index (κ1) is 15.4. The van der Waals surface area contributed by atoms with Crippen molar-refractivity contribution in [2.24, 2.45) is 0 Å². The van der Waals surface area contributed by atoms with Gasteiger partial charge in [0.05, 0.1) is 6.61 Å². The van der Waals surface area contributed by atoms with Crippen molar-refractivity contribution in [3.05, 3.63) is 71.4 Å². The van der Waals surface area contributed by atoms with Gasteiger partial charge in [-0.2, -0.15) is 0 Å². The molecule has 5 heteroatoms. The Morgan fingerprint density at radius 2 is 1.74 bits per heavy atom. The Kier molecular flexibility index (Phi) is 4.83. The second kappa shape index (κ2) is 7.20. The van der Waals surface area contributed by atoms with E-state index in [0.29, 0.717) is 17.5 Å². The number of nitrogens with zero attached hydrogens (tertiary/aromatic N) is 3. The largest absolute Gasteiger partial charge is 0.478 e. The lowest BCUT2D eigenvalue weighted by molar-refractivity contribution is 0.328. The molecule has 0 unspecified atom stereocenters. The van der Waals surface area contributed by atoms with Crippen LogP contribution in [-0.4, -0.2) is 21.6 Å². The topological polar surface area (TPSA) is 47.9 Å². The first-order chi connectivity index (χ1) is 11.3. The average Bonchev–Trinajstić information content (AvgIpc) is 2.58. The van der Waals surface area contributed by atoms with Crippen molar-refractivity contribution in [3.63, 3.8) is 0 Å². The maximum absolute atomic E-state index is 5.98. The fourth-order valence-corrected chi connectivity index (χ4v) is 2.46. The Balaban J connectivity index is 1.97. The molecular weight excluding hydrogens is 310 g/mol. The number of hydrogen-bond donors (Lipinski definition) is 0. The summed E-state index contributed by atoms with van der Waals surface area (Å²) in [5.74, 6) is 0.628. The zero-order valence-electron chi connectivity index (χ0n) is 12.7. The van der Waals surface area contributed by atoms with Crippen molar-refractivity contribution >= 4 is 11.6 Å². The molecule has 0 radical (unpaired) electrons. The SMILES string of the molecule is CCOc1ncc(Cc2cncnc2)cc1-c1ccc(Cl)cc1. The molecule has 0 atom stereocenters. The van der Waals surface area contributed by atoms with Gasteiger partial charge in [0, 0.05) is 35.6 Å². The van der Waals surface area contributed by atoms with Crippen LogP contribution in [0.5, 0.6) is 5.88 Å². The van der Waals surface area contributed by atoms with Crippen LogP contribution in [0, 0.1) is 0 Å². The zero-order chi connectivity index (χ0) is 16.1. The van der Waals surface area contributed by atoms with Gasteiger partial charge in [0.25, 0.3) is 0 Å². The Morgan fingerprint density at radius 1 is 1.00 bits per heavy atom. The summed E-state index contributed by atoms with van der Waals surface area (Å²) in [5.41, 5.74) is 4.10. The minimum absolute atomic E-state index is 0.569. The van der Waals surface area contributed by atoms with Gasteiger partial charge in [-0.05, 0) is 41.8 Å². The molecule has 116 valence electrons. The molecule has 0 saturated carbocycles. The molecule has 0 fully saturated rings. The van der Waals surface area contributed by atoms with Crippen molar-refractivity contribution in [3.8, 4) is 17.0 Å². The summed E-state index contributed by atoms with van der Waals surface area (Å²) < 4.78 is 5.66. The number of benzene rings is 1. The Labute approximate surface area is 140 Å². The maximum Gasteiger partial charge on any atom is 0.221 e. The van der Waals surface area contributed by atoms with Crippen LogP contribution in [0.1, 0.15) is 18.1 Å². The molecule has 0 aliphatic heterocycles. The molecule has 2 aromatic heterocycles. The van der Waals surface area contributed by atoms with Crippen molar-refractivity contribution < 1.29 is 4.74 Å². The zero-order valence-corrected chi connectivity index (χ0v) is 13.5. The van der Waals surface area contributed by atoms with E-state index in [1.54, 1.807) is 0 Å². The maximum atomic E-state index is 5.98. The highest BCUT2D eigenvalue weighted by Crippen LogP contribution is 2.30. The third-order valence-electron chi connectivity index (χ3n) is 3.37. The van der Waals surface area contributed by atoms with Crippen LogP contribution in [0.2, 0.25) is 5.02 Å². The predicted molar refractivity (Wildman–Crippen MR) is 90.7 cm³/mol. The quantitative estimate of drug-likeness (QED) is 0.706. The number of rotatable bonds is 5. The van der Waals surface area contributed by atoms with Crippen molar-refractivity contribution in [1.82, 2.24) is 15.0 Å². The van der Waals surface area contributed by atoms with E-state index in [1.807, 2.05) is 49.8 Å². The van der Waals surface area contributed by atoms with E-state index in [2.05, 4.69) is 21.0 Å². The molecule has 1 aromatic carbocycles. The molecule has 23 heavy (non-hydrogen) atoms. The highest BCUT2D eigenvalue weighted by Gasteiger charge is 2.10. The molecule has 3 aromatic rings. The average molecular weight is 326 g/mol. The standard InChI is InChI=1S/C18H16ClN3O/c1-2-23-18-17(15-3-5-16(19)6-4-15)8-13(11-22-18)7-14-9-20-12-21-10-14/h3-6,8-12H,2,7H2,1H3. The summed E-state index contributed by atoms with van der Waals surface area (Å²) in [7, 11) is 0. The van der Waals surface area contributed by atoms with Gasteiger partial charge in [0.2, 0.25) is 5.88 Å². The number of halogens is 1. The van der Waals surface area contributed by atoms with Gasteiger partial charge in [0.1, 0.15) is 6.33 Å². The van der Waals surface area contributed by atoms with E-state index >= 15 is 0 Å². The third kappa shape index (κ3) is 3.85. The fraction of sp³-hybridized carbons (Fsp3) is 0.167. The summed E-state index contributed by atoms with van der Waals surface area (Å²) in [4.78, 5) is 12.6. The first-order valence-electron chi connectivity index (χ1n) is 7.38. The number of pyridine rings is 1.